The smallest absolute Gasteiger partial charge is 0.232 e. The van der Waals surface area contributed by atoms with Crippen molar-refractivity contribution < 1.29 is 24.1 Å². The monoisotopic (exact) mass is 411 g/mol. The number of methoxy groups -OCH3 is 2. The number of fused-ring (bicyclic) bond motifs is 1. The molecule has 2 aromatic rings. The van der Waals surface area contributed by atoms with E-state index in [0.29, 0.717) is 55.3 Å². The van der Waals surface area contributed by atoms with Gasteiger partial charge in [-0.15, -0.1) is 0 Å². The third kappa shape index (κ3) is 4.73. The highest BCUT2D eigenvalue weighted by Crippen LogP contribution is 2.42. The number of ether oxygens (including phenoxy) is 3. The van der Waals surface area contributed by atoms with Crippen LogP contribution in [0.15, 0.2) is 36.1 Å². The van der Waals surface area contributed by atoms with Crippen LogP contribution in [0.25, 0.3) is 6.08 Å². The first-order valence-electron chi connectivity index (χ1n) is 10.0. The molecular formula is C24H29NO5. The number of allylic oxidation sites excluding steroid dienone is 1. The number of aromatic hydroxyl groups is 1. The fourth-order valence-electron chi connectivity index (χ4n) is 3.56. The number of carbonyl (C=O) groups is 1. The Morgan fingerprint density at radius 1 is 1.07 bits per heavy atom. The van der Waals surface area contributed by atoms with Crippen LogP contribution < -0.4 is 4.74 Å². The van der Waals surface area contributed by atoms with Gasteiger partial charge in [0.15, 0.2) is 5.76 Å². The van der Waals surface area contributed by atoms with Crippen LogP contribution in [0.3, 0.4) is 0 Å². The van der Waals surface area contributed by atoms with Gasteiger partial charge < -0.3 is 19.3 Å². The van der Waals surface area contributed by atoms with Gasteiger partial charge in [0.2, 0.25) is 5.78 Å². The summed E-state index contributed by atoms with van der Waals surface area (Å²) in [5, 5.41) is 10.7. The van der Waals surface area contributed by atoms with Crippen molar-refractivity contribution in [3.8, 4) is 11.5 Å². The summed E-state index contributed by atoms with van der Waals surface area (Å²) in [6.45, 7) is 6.67. The zero-order valence-electron chi connectivity index (χ0n) is 18.0. The van der Waals surface area contributed by atoms with Gasteiger partial charge in [0.05, 0.1) is 24.3 Å². The van der Waals surface area contributed by atoms with Crippen LogP contribution in [-0.4, -0.2) is 56.3 Å². The summed E-state index contributed by atoms with van der Waals surface area (Å²) >= 11 is 0. The highest BCUT2D eigenvalue weighted by atomic mass is 16.5. The second kappa shape index (κ2) is 9.89. The molecule has 0 bridgehead atoms. The zero-order chi connectivity index (χ0) is 21.7. The predicted octanol–water partition coefficient (Wildman–Crippen LogP) is 3.72. The number of phenols is 1. The van der Waals surface area contributed by atoms with Crippen molar-refractivity contribution in [3.63, 3.8) is 0 Å². The first kappa shape index (κ1) is 22.0. The van der Waals surface area contributed by atoms with Gasteiger partial charge in [-0.25, -0.2) is 0 Å². The normalized spacial score (nSPS) is 14.4. The number of rotatable bonds is 9. The molecule has 0 aromatic heterocycles. The van der Waals surface area contributed by atoms with Gasteiger partial charge in [-0.2, -0.15) is 0 Å². The number of hydrogen-bond donors (Lipinski definition) is 1. The van der Waals surface area contributed by atoms with E-state index in [1.54, 1.807) is 26.4 Å². The molecule has 0 unspecified atom stereocenters. The maximum Gasteiger partial charge on any atom is 0.232 e. The molecule has 30 heavy (non-hydrogen) atoms. The molecule has 3 rings (SSSR count). The van der Waals surface area contributed by atoms with Crippen LogP contribution in [0, 0.1) is 13.8 Å². The fourth-order valence-corrected chi connectivity index (χ4v) is 3.56. The van der Waals surface area contributed by atoms with Gasteiger partial charge in [0.25, 0.3) is 0 Å². The van der Waals surface area contributed by atoms with E-state index in [2.05, 4.69) is 4.90 Å². The minimum Gasteiger partial charge on any atom is -0.507 e. The molecule has 1 aliphatic heterocycles. The van der Waals surface area contributed by atoms with E-state index in [0.717, 1.165) is 11.1 Å². The fraction of sp³-hybridized carbons (Fsp3) is 0.375. The second-order valence-corrected chi connectivity index (χ2v) is 7.45. The lowest BCUT2D eigenvalue weighted by Crippen LogP contribution is -2.30. The van der Waals surface area contributed by atoms with E-state index in [-0.39, 0.29) is 17.3 Å². The average molecular weight is 411 g/mol. The number of aryl methyl sites for hydroxylation is 2. The second-order valence-electron chi connectivity index (χ2n) is 7.45. The quantitative estimate of drug-likeness (QED) is 0.635. The molecule has 160 valence electrons. The summed E-state index contributed by atoms with van der Waals surface area (Å²) in [5.41, 5.74) is 3.80. The minimum absolute atomic E-state index is 0.121. The van der Waals surface area contributed by atoms with Crippen molar-refractivity contribution in [2.45, 2.75) is 20.4 Å². The maximum absolute atomic E-state index is 13.1. The van der Waals surface area contributed by atoms with E-state index in [9.17, 15) is 9.90 Å². The largest absolute Gasteiger partial charge is 0.507 e. The molecule has 0 spiro atoms. The summed E-state index contributed by atoms with van der Waals surface area (Å²) < 4.78 is 16.5. The number of Topliss-reactive ketones (excluding diaryl/α,β-unsaturated/α-hetero) is 1. The lowest BCUT2D eigenvalue weighted by molar-refractivity contribution is 0.101. The third-order valence-electron chi connectivity index (χ3n) is 5.30. The Bertz CT molecular complexity index is 943. The Morgan fingerprint density at radius 2 is 1.73 bits per heavy atom. The molecule has 0 saturated heterocycles. The highest BCUT2D eigenvalue weighted by Gasteiger charge is 2.33. The van der Waals surface area contributed by atoms with E-state index in [1.807, 2.05) is 38.1 Å². The molecule has 6 heteroatoms. The molecule has 2 aromatic carbocycles. The number of hydrogen-bond acceptors (Lipinski definition) is 6. The molecule has 1 heterocycles. The molecule has 0 radical (unpaired) electrons. The lowest BCUT2D eigenvalue weighted by atomic mass is 9.98. The number of benzene rings is 2. The molecule has 1 N–H and O–H groups in total. The summed E-state index contributed by atoms with van der Waals surface area (Å²) in [6, 6.07) is 9.46. The van der Waals surface area contributed by atoms with Crippen molar-refractivity contribution in [2.75, 3.05) is 40.5 Å². The highest BCUT2D eigenvalue weighted by molar-refractivity contribution is 6.15. The number of nitrogens with zero attached hydrogens (tertiary/aromatic N) is 1. The van der Waals surface area contributed by atoms with Crippen LogP contribution >= 0.6 is 0 Å². The molecule has 0 aliphatic carbocycles. The van der Waals surface area contributed by atoms with Gasteiger partial charge in [-0.05, 0) is 42.7 Å². The SMILES string of the molecule is COCCN(CCOC)Cc1c(O)cc(C)c2c1O/C(=C/c1ccccc1C)C2=O. The molecular weight excluding hydrogens is 382 g/mol. The van der Waals surface area contributed by atoms with Gasteiger partial charge >= 0.3 is 0 Å². The minimum atomic E-state index is -0.160. The molecule has 6 nitrogen and oxygen atoms in total. The van der Waals surface area contributed by atoms with Crippen molar-refractivity contribution in [2.24, 2.45) is 0 Å². The molecule has 0 fully saturated rings. The number of carbonyl (C=O) groups excluding carboxylic acids is 1. The van der Waals surface area contributed by atoms with Gasteiger partial charge in [-0.1, -0.05) is 24.3 Å². The third-order valence-corrected chi connectivity index (χ3v) is 5.30. The van der Waals surface area contributed by atoms with E-state index >= 15 is 0 Å². The average Bonchev–Trinajstić information content (AvgIpc) is 3.05. The Labute approximate surface area is 177 Å². The topological polar surface area (TPSA) is 68.2 Å². The Balaban J connectivity index is 1.96. The summed E-state index contributed by atoms with van der Waals surface area (Å²) in [4.78, 5) is 15.2. The van der Waals surface area contributed by atoms with Crippen molar-refractivity contribution in [1.82, 2.24) is 4.90 Å². The van der Waals surface area contributed by atoms with Crippen LogP contribution in [0.5, 0.6) is 11.5 Å². The molecule has 1 aliphatic rings. The van der Waals surface area contributed by atoms with Crippen LogP contribution in [0.2, 0.25) is 0 Å². The van der Waals surface area contributed by atoms with Gasteiger partial charge in [-0.3, -0.25) is 9.69 Å². The zero-order valence-corrected chi connectivity index (χ0v) is 18.0. The van der Waals surface area contributed by atoms with Crippen molar-refractivity contribution in [3.05, 3.63) is 63.9 Å². The first-order chi connectivity index (χ1) is 14.5. The summed E-state index contributed by atoms with van der Waals surface area (Å²) in [7, 11) is 3.31. The summed E-state index contributed by atoms with van der Waals surface area (Å²) in [6.07, 6.45) is 1.77. The number of phenolic OH excluding ortho intramolecular Hbond substituents is 1. The van der Waals surface area contributed by atoms with Crippen molar-refractivity contribution in [1.29, 1.82) is 0 Å². The molecule has 0 saturated carbocycles. The summed E-state index contributed by atoms with van der Waals surface area (Å²) in [5.74, 6) is 0.676. The van der Waals surface area contributed by atoms with E-state index < -0.39 is 0 Å². The predicted molar refractivity (Wildman–Crippen MR) is 116 cm³/mol. The van der Waals surface area contributed by atoms with E-state index in [4.69, 9.17) is 14.2 Å². The first-order valence-corrected chi connectivity index (χ1v) is 10.0. The number of ketones is 1. The Kier molecular flexibility index (Phi) is 7.26. The van der Waals surface area contributed by atoms with Crippen LogP contribution in [0.1, 0.15) is 32.6 Å². The molecule has 0 amide bonds. The van der Waals surface area contributed by atoms with Crippen LogP contribution in [0.4, 0.5) is 0 Å². The molecule has 0 atom stereocenters. The van der Waals surface area contributed by atoms with Crippen molar-refractivity contribution >= 4 is 11.9 Å². The van der Waals surface area contributed by atoms with Gasteiger partial charge in [0.1, 0.15) is 11.5 Å². The van der Waals surface area contributed by atoms with E-state index in [1.165, 1.54) is 0 Å². The van der Waals surface area contributed by atoms with Crippen LogP contribution in [-0.2, 0) is 16.0 Å². The van der Waals surface area contributed by atoms with Gasteiger partial charge in [0, 0.05) is 33.9 Å². The maximum atomic E-state index is 13.1. The lowest BCUT2D eigenvalue weighted by Gasteiger charge is -2.23. The standard InChI is InChI=1S/C24H29NO5/c1-16-7-5-6-8-18(16)14-21-23(27)22-17(2)13-20(26)19(24(22)30-21)15-25(9-11-28-3)10-12-29-4/h5-8,13-14,26H,9-12,15H2,1-4H3/b21-14+. The Morgan fingerprint density at radius 3 is 2.37 bits per heavy atom. The Hall–Kier alpha value is -2.67.